The lowest BCUT2D eigenvalue weighted by atomic mass is 10.1. The fraction of sp³-hybridized carbons (Fsp3) is 0.727. The van der Waals surface area contributed by atoms with Crippen molar-refractivity contribution >= 4 is 18.0 Å². The number of carbonyl (C=O) groups is 3. The van der Waals surface area contributed by atoms with Gasteiger partial charge in [-0.1, -0.05) is 13.8 Å². The number of esters is 1. The van der Waals surface area contributed by atoms with Gasteiger partial charge in [-0.05, 0) is 5.92 Å². The highest BCUT2D eigenvalue weighted by Crippen LogP contribution is 2.02. The van der Waals surface area contributed by atoms with E-state index in [0.29, 0.717) is 0 Å². The van der Waals surface area contributed by atoms with Crippen LogP contribution in [0.4, 0.5) is 4.79 Å². The normalized spacial score (nSPS) is 11.8. The molecule has 0 spiro atoms. The SMILES string of the molecule is COC(=O)CCN(C)C(=O)NC(C(=O)O)C(C)C. The van der Waals surface area contributed by atoms with E-state index in [2.05, 4.69) is 10.1 Å². The molecule has 0 fully saturated rings. The molecule has 0 saturated heterocycles. The summed E-state index contributed by atoms with van der Waals surface area (Å²) >= 11 is 0. The van der Waals surface area contributed by atoms with Gasteiger partial charge in [-0.25, -0.2) is 9.59 Å². The summed E-state index contributed by atoms with van der Waals surface area (Å²) in [4.78, 5) is 34.7. The van der Waals surface area contributed by atoms with Gasteiger partial charge in [0, 0.05) is 13.6 Å². The summed E-state index contributed by atoms with van der Waals surface area (Å²) in [5.41, 5.74) is 0. The van der Waals surface area contributed by atoms with Gasteiger partial charge in [-0.2, -0.15) is 0 Å². The molecule has 0 rings (SSSR count). The Balaban J connectivity index is 4.29. The van der Waals surface area contributed by atoms with E-state index in [1.165, 1.54) is 19.1 Å². The van der Waals surface area contributed by atoms with Crippen molar-refractivity contribution in [3.05, 3.63) is 0 Å². The number of urea groups is 1. The van der Waals surface area contributed by atoms with Gasteiger partial charge < -0.3 is 20.1 Å². The lowest BCUT2D eigenvalue weighted by Crippen LogP contribution is -2.49. The van der Waals surface area contributed by atoms with E-state index in [9.17, 15) is 14.4 Å². The van der Waals surface area contributed by atoms with Crippen LogP contribution in [0.5, 0.6) is 0 Å². The van der Waals surface area contributed by atoms with Gasteiger partial charge in [-0.15, -0.1) is 0 Å². The number of carbonyl (C=O) groups excluding carboxylic acids is 2. The van der Waals surface area contributed by atoms with Crippen LogP contribution in [-0.2, 0) is 14.3 Å². The number of ether oxygens (including phenoxy) is 1. The first-order valence-electron chi connectivity index (χ1n) is 5.60. The van der Waals surface area contributed by atoms with Gasteiger partial charge in [-0.3, -0.25) is 4.79 Å². The van der Waals surface area contributed by atoms with Crippen LogP contribution in [0.1, 0.15) is 20.3 Å². The number of carboxylic acid groups (broad SMARTS) is 1. The van der Waals surface area contributed by atoms with E-state index in [-0.39, 0.29) is 18.9 Å². The summed E-state index contributed by atoms with van der Waals surface area (Å²) in [6.07, 6.45) is 0.0693. The molecule has 2 amide bonds. The number of hydrogen-bond donors (Lipinski definition) is 2. The molecule has 0 radical (unpaired) electrons. The maximum atomic E-state index is 11.7. The molecule has 2 N–H and O–H groups in total. The topological polar surface area (TPSA) is 95.9 Å². The van der Waals surface area contributed by atoms with Crippen molar-refractivity contribution in [2.75, 3.05) is 20.7 Å². The quantitative estimate of drug-likeness (QED) is 0.670. The zero-order valence-electron chi connectivity index (χ0n) is 11.1. The molecule has 7 nitrogen and oxygen atoms in total. The minimum absolute atomic E-state index is 0.0693. The number of rotatable bonds is 6. The molecule has 0 aliphatic rings. The first kappa shape index (κ1) is 16.2. The minimum atomic E-state index is -1.08. The Morgan fingerprint density at radius 2 is 1.89 bits per heavy atom. The van der Waals surface area contributed by atoms with E-state index >= 15 is 0 Å². The predicted octanol–water partition coefficient (Wildman–Crippen LogP) is 0.300. The van der Waals surface area contributed by atoms with Gasteiger partial charge in [0.25, 0.3) is 0 Å². The number of carboxylic acids is 1. The summed E-state index contributed by atoms with van der Waals surface area (Å²) in [5, 5.41) is 11.3. The molecule has 7 heteroatoms. The van der Waals surface area contributed by atoms with Crippen molar-refractivity contribution in [1.29, 1.82) is 0 Å². The Labute approximate surface area is 106 Å². The fourth-order valence-electron chi connectivity index (χ4n) is 1.22. The Morgan fingerprint density at radius 1 is 1.33 bits per heavy atom. The average Bonchev–Trinajstić information content (AvgIpc) is 2.30. The Kier molecular flexibility index (Phi) is 6.77. The van der Waals surface area contributed by atoms with Crippen molar-refractivity contribution < 1.29 is 24.2 Å². The summed E-state index contributed by atoms with van der Waals surface area (Å²) in [7, 11) is 2.75. The molecule has 0 saturated carbocycles. The van der Waals surface area contributed by atoms with Crippen molar-refractivity contribution in [2.24, 2.45) is 5.92 Å². The van der Waals surface area contributed by atoms with Gasteiger partial charge in [0.1, 0.15) is 6.04 Å². The number of nitrogens with zero attached hydrogens (tertiary/aromatic N) is 1. The number of amides is 2. The van der Waals surface area contributed by atoms with Gasteiger partial charge in [0.15, 0.2) is 0 Å². The highest BCUT2D eigenvalue weighted by molar-refractivity contribution is 5.82. The predicted molar refractivity (Wildman–Crippen MR) is 64.1 cm³/mol. The van der Waals surface area contributed by atoms with Gasteiger partial charge in [0.2, 0.25) is 0 Å². The first-order chi connectivity index (χ1) is 8.29. The van der Waals surface area contributed by atoms with Crippen LogP contribution >= 0.6 is 0 Å². The highest BCUT2D eigenvalue weighted by atomic mass is 16.5. The molecular weight excluding hydrogens is 240 g/mol. The van der Waals surface area contributed by atoms with Crippen LogP contribution in [0.3, 0.4) is 0 Å². The second kappa shape index (κ2) is 7.52. The maximum absolute atomic E-state index is 11.7. The van der Waals surface area contributed by atoms with Crippen LogP contribution in [-0.4, -0.2) is 54.7 Å². The van der Waals surface area contributed by atoms with E-state index in [1.54, 1.807) is 13.8 Å². The standard InChI is InChI=1S/C11H20N2O5/c1-7(2)9(10(15)16)12-11(17)13(3)6-5-8(14)18-4/h7,9H,5-6H2,1-4H3,(H,12,17)(H,15,16). The van der Waals surface area contributed by atoms with Crippen molar-refractivity contribution in [1.82, 2.24) is 10.2 Å². The van der Waals surface area contributed by atoms with Crippen LogP contribution in [0.2, 0.25) is 0 Å². The monoisotopic (exact) mass is 260 g/mol. The smallest absolute Gasteiger partial charge is 0.326 e. The molecule has 0 aromatic heterocycles. The minimum Gasteiger partial charge on any atom is -0.480 e. The molecular formula is C11H20N2O5. The highest BCUT2D eigenvalue weighted by Gasteiger charge is 2.24. The fourth-order valence-corrected chi connectivity index (χ4v) is 1.22. The summed E-state index contributed by atoms with van der Waals surface area (Å²) in [6.45, 7) is 3.57. The van der Waals surface area contributed by atoms with Gasteiger partial charge >= 0.3 is 18.0 Å². The van der Waals surface area contributed by atoms with Crippen LogP contribution < -0.4 is 5.32 Å². The maximum Gasteiger partial charge on any atom is 0.326 e. The molecule has 0 bridgehead atoms. The zero-order valence-corrected chi connectivity index (χ0v) is 11.1. The van der Waals surface area contributed by atoms with Crippen molar-refractivity contribution in [3.8, 4) is 0 Å². The Bertz CT molecular complexity index is 317. The third-order valence-electron chi connectivity index (χ3n) is 2.44. The van der Waals surface area contributed by atoms with Crippen LogP contribution in [0.15, 0.2) is 0 Å². The Morgan fingerprint density at radius 3 is 2.28 bits per heavy atom. The Hall–Kier alpha value is -1.79. The number of nitrogens with one attached hydrogen (secondary N) is 1. The summed E-state index contributed by atoms with van der Waals surface area (Å²) in [5.74, 6) is -1.73. The third-order valence-corrected chi connectivity index (χ3v) is 2.44. The summed E-state index contributed by atoms with van der Waals surface area (Å²) < 4.78 is 4.45. The molecule has 104 valence electrons. The second-order valence-electron chi connectivity index (χ2n) is 4.26. The van der Waals surface area contributed by atoms with Crippen LogP contribution in [0, 0.1) is 5.92 Å². The molecule has 0 aliphatic carbocycles. The number of hydrogen-bond acceptors (Lipinski definition) is 4. The van der Waals surface area contributed by atoms with Gasteiger partial charge in [0.05, 0.1) is 13.5 Å². The zero-order chi connectivity index (χ0) is 14.3. The molecule has 0 aliphatic heterocycles. The molecule has 0 heterocycles. The largest absolute Gasteiger partial charge is 0.480 e. The lowest BCUT2D eigenvalue weighted by Gasteiger charge is -2.23. The van der Waals surface area contributed by atoms with Crippen LogP contribution in [0.25, 0.3) is 0 Å². The van der Waals surface area contributed by atoms with E-state index < -0.39 is 24.0 Å². The molecule has 18 heavy (non-hydrogen) atoms. The number of methoxy groups -OCH3 is 1. The van der Waals surface area contributed by atoms with Crippen molar-refractivity contribution in [3.63, 3.8) is 0 Å². The average molecular weight is 260 g/mol. The lowest BCUT2D eigenvalue weighted by molar-refractivity contribution is -0.141. The molecule has 1 atom stereocenters. The van der Waals surface area contributed by atoms with E-state index in [4.69, 9.17) is 5.11 Å². The molecule has 0 aromatic carbocycles. The van der Waals surface area contributed by atoms with E-state index in [0.717, 1.165) is 0 Å². The molecule has 0 aromatic rings. The summed E-state index contributed by atoms with van der Waals surface area (Å²) in [6, 6.07) is -1.47. The van der Waals surface area contributed by atoms with E-state index in [1.807, 2.05) is 0 Å². The van der Waals surface area contributed by atoms with Crippen molar-refractivity contribution in [2.45, 2.75) is 26.3 Å². The number of aliphatic carboxylic acids is 1. The second-order valence-corrected chi connectivity index (χ2v) is 4.26. The first-order valence-corrected chi connectivity index (χ1v) is 5.60. The molecule has 1 unspecified atom stereocenters. The third kappa shape index (κ3) is 5.51.